The monoisotopic (exact) mass is 270 g/mol. The highest BCUT2D eigenvalue weighted by Gasteiger charge is 2.46. The molecule has 4 heteroatoms. The van der Waals surface area contributed by atoms with Crippen molar-refractivity contribution in [2.24, 2.45) is 5.41 Å². The van der Waals surface area contributed by atoms with Crippen LogP contribution in [0, 0.1) is 5.41 Å². The average Bonchev–Trinajstić information content (AvgIpc) is 2.43. The molecule has 1 atom stereocenters. The molecule has 1 heterocycles. The van der Waals surface area contributed by atoms with Crippen LogP contribution in [-0.2, 0) is 9.47 Å². The minimum absolute atomic E-state index is 0.576. The highest BCUT2D eigenvalue weighted by atomic mass is 16.5. The van der Waals surface area contributed by atoms with Gasteiger partial charge in [-0.1, -0.05) is 0 Å². The Morgan fingerprint density at radius 3 is 2.68 bits per heavy atom. The molecule has 1 aliphatic heterocycles. The standard InChI is InChI=1S/C15H30N2O2/c1-17(9-3-11-18-2)10-8-16-14-4-5-15(14)6-12-19-13-7-15/h14,16H,3-13H2,1-2H3. The molecule has 0 bridgehead atoms. The molecule has 4 nitrogen and oxygen atoms in total. The molecule has 0 aromatic rings. The van der Waals surface area contributed by atoms with Crippen molar-refractivity contribution in [3.05, 3.63) is 0 Å². The second-order valence-corrected chi connectivity index (χ2v) is 6.17. The van der Waals surface area contributed by atoms with Crippen LogP contribution in [0.3, 0.4) is 0 Å². The van der Waals surface area contributed by atoms with Crippen molar-refractivity contribution in [2.75, 3.05) is 53.6 Å². The van der Waals surface area contributed by atoms with Gasteiger partial charge in [-0.15, -0.1) is 0 Å². The van der Waals surface area contributed by atoms with Crippen molar-refractivity contribution in [1.82, 2.24) is 10.2 Å². The van der Waals surface area contributed by atoms with Gasteiger partial charge in [-0.25, -0.2) is 0 Å². The topological polar surface area (TPSA) is 33.7 Å². The maximum atomic E-state index is 5.50. The molecule has 2 rings (SSSR count). The third-order valence-corrected chi connectivity index (χ3v) is 4.93. The Morgan fingerprint density at radius 1 is 1.26 bits per heavy atom. The van der Waals surface area contributed by atoms with E-state index in [0.717, 1.165) is 51.9 Å². The third kappa shape index (κ3) is 4.15. The van der Waals surface area contributed by atoms with Crippen LogP contribution >= 0.6 is 0 Å². The lowest BCUT2D eigenvalue weighted by atomic mass is 9.60. The third-order valence-electron chi connectivity index (χ3n) is 4.93. The Bertz CT molecular complexity index is 255. The molecular formula is C15H30N2O2. The van der Waals surface area contributed by atoms with Gasteiger partial charge in [-0.2, -0.15) is 0 Å². The highest BCUT2D eigenvalue weighted by Crippen LogP contribution is 2.48. The lowest BCUT2D eigenvalue weighted by Gasteiger charge is -2.52. The highest BCUT2D eigenvalue weighted by molar-refractivity contribution is 5.01. The molecule has 1 saturated carbocycles. The Hall–Kier alpha value is -0.160. The summed E-state index contributed by atoms with van der Waals surface area (Å²) in [5.74, 6) is 0. The molecule has 1 unspecified atom stereocenters. The molecule has 2 fully saturated rings. The van der Waals surface area contributed by atoms with E-state index in [4.69, 9.17) is 9.47 Å². The van der Waals surface area contributed by atoms with Gasteiger partial charge in [0, 0.05) is 52.6 Å². The maximum absolute atomic E-state index is 5.50. The van der Waals surface area contributed by atoms with Crippen LogP contribution in [0.4, 0.5) is 0 Å². The van der Waals surface area contributed by atoms with E-state index < -0.39 is 0 Å². The Morgan fingerprint density at radius 2 is 2.05 bits per heavy atom. The van der Waals surface area contributed by atoms with Crippen molar-refractivity contribution >= 4 is 0 Å². The average molecular weight is 270 g/mol. The van der Waals surface area contributed by atoms with Crippen LogP contribution in [-0.4, -0.2) is 64.6 Å². The van der Waals surface area contributed by atoms with E-state index in [-0.39, 0.29) is 0 Å². The van der Waals surface area contributed by atoms with Crippen LogP contribution in [0.15, 0.2) is 0 Å². The molecule has 0 aromatic heterocycles. The minimum atomic E-state index is 0.576. The number of rotatable bonds is 8. The van der Waals surface area contributed by atoms with E-state index in [9.17, 15) is 0 Å². The van der Waals surface area contributed by atoms with Crippen LogP contribution in [0.25, 0.3) is 0 Å². The molecular weight excluding hydrogens is 240 g/mol. The van der Waals surface area contributed by atoms with Crippen LogP contribution in [0.2, 0.25) is 0 Å². The summed E-state index contributed by atoms with van der Waals surface area (Å²) in [6.45, 7) is 6.16. The molecule has 1 saturated heterocycles. The molecule has 1 aliphatic carbocycles. The first-order valence-corrected chi connectivity index (χ1v) is 7.75. The molecule has 1 N–H and O–H groups in total. The first-order valence-electron chi connectivity index (χ1n) is 7.75. The van der Waals surface area contributed by atoms with E-state index >= 15 is 0 Å². The number of ether oxygens (including phenoxy) is 2. The van der Waals surface area contributed by atoms with Crippen molar-refractivity contribution in [2.45, 2.75) is 38.1 Å². The normalized spacial score (nSPS) is 25.7. The summed E-state index contributed by atoms with van der Waals surface area (Å²) in [4.78, 5) is 2.39. The Balaban J connectivity index is 1.58. The number of methoxy groups -OCH3 is 1. The summed E-state index contributed by atoms with van der Waals surface area (Å²) < 4.78 is 10.6. The lowest BCUT2D eigenvalue weighted by Crippen LogP contribution is -2.56. The maximum Gasteiger partial charge on any atom is 0.0474 e. The van der Waals surface area contributed by atoms with Crippen LogP contribution < -0.4 is 5.32 Å². The quantitative estimate of drug-likeness (QED) is 0.678. The first-order chi connectivity index (χ1) is 9.27. The fourth-order valence-corrected chi connectivity index (χ4v) is 3.41. The number of nitrogens with one attached hydrogen (secondary N) is 1. The van der Waals surface area contributed by atoms with E-state index in [1.807, 2.05) is 0 Å². The van der Waals surface area contributed by atoms with Crippen molar-refractivity contribution in [3.63, 3.8) is 0 Å². The van der Waals surface area contributed by atoms with Crippen LogP contribution in [0.1, 0.15) is 32.1 Å². The van der Waals surface area contributed by atoms with Crippen molar-refractivity contribution in [1.29, 1.82) is 0 Å². The van der Waals surface area contributed by atoms with Gasteiger partial charge < -0.3 is 19.7 Å². The molecule has 112 valence electrons. The largest absolute Gasteiger partial charge is 0.385 e. The molecule has 19 heavy (non-hydrogen) atoms. The van der Waals surface area contributed by atoms with Gasteiger partial charge in [0.1, 0.15) is 0 Å². The fourth-order valence-electron chi connectivity index (χ4n) is 3.41. The first kappa shape index (κ1) is 15.2. The smallest absolute Gasteiger partial charge is 0.0474 e. The van der Waals surface area contributed by atoms with E-state index in [1.165, 1.54) is 25.7 Å². The summed E-state index contributed by atoms with van der Waals surface area (Å²) in [6.07, 6.45) is 6.39. The molecule has 2 aliphatic rings. The molecule has 0 aromatic carbocycles. The number of nitrogens with zero attached hydrogens (tertiary/aromatic N) is 1. The van der Waals surface area contributed by atoms with Gasteiger partial charge in [0.05, 0.1) is 0 Å². The van der Waals surface area contributed by atoms with Gasteiger partial charge in [-0.3, -0.25) is 0 Å². The number of hydrogen-bond acceptors (Lipinski definition) is 4. The molecule has 0 amide bonds. The Kier molecular flexibility index (Phi) is 6.07. The second-order valence-electron chi connectivity index (χ2n) is 6.17. The van der Waals surface area contributed by atoms with E-state index in [0.29, 0.717) is 5.41 Å². The van der Waals surface area contributed by atoms with E-state index in [2.05, 4.69) is 17.3 Å². The zero-order chi connectivity index (χ0) is 13.6. The van der Waals surface area contributed by atoms with Gasteiger partial charge in [0.2, 0.25) is 0 Å². The zero-order valence-corrected chi connectivity index (χ0v) is 12.6. The summed E-state index contributed by atoms with van der Waals surface area (Å²) in [6, 6.07) is 0.740. The van der Waals surface area contributed by atoms with E-state index in [1.54, 1.807) is 7.11 Å². The predicted molar refractivity (Wildman–Crippen MR) is 77.5 cm³/mol. The van der Waals surface area contributed by atoms with Crippen molar-refractivity contribution in [3.8, 4) is 0 Å². The number of hydrogen-bond donors (Lipinski definition) is 1. The summed E-state index contributed by atoms with van der Waals surface area (Å²) >= 11 is 0. The fraction of sp³-hybridized carbons (Fsp3) is 1.00. The second kappa shape index (κ2) is 7.58. The minimum Gasteiger partial charge on any atom is -0.385 e. The summed E-state index contributed by atoms with van der Waals surface area (Å²) in [7, 11) is 3.97. The predicted octanol–water partition coefficient (Wildman–Crippen LogP) is 1.50. The number of likely N-dealkylation sites (N-methyl/N-ethyl adjacent to an activating group) is 1. The molecule has 1 spiro atoms. The summed E-state index contributed by atoms with van der Waals surface area (Å²) in [5.41, 5.74) is 0.576. The van der Waals surface area contributed by atoms with Crippen LogP contribution in [0.5, 0.6) is 0 Å². The van der Waals surface area contributed by atoms with Crippen molar-refractivity contribution < 1.29 is 9.47 Å². The lowest BCUT2D eigenvalue weighted by molar-refractivity contribution is -0.0548. The van der Waals surface area contributed by atoms with Gasteiger partial charge in [0.15, 0.2) is 0 Å². The van der Waals surface area contributed by atoms with Gasteiger partial charge in [-0.05, 0) is 44.6 Å². The SMILES string of the molecule is COCCCN(C)CCNC1CCC12CCOCC2. The summed E-state index contributed by atoms with van der Waals surface area (Å²) in [5, 5.41) is 3.77. The van der Waals surface area contributed by atoms with Gasteiger partial charge >= 0.3 is 0 Å². The van der Waals surface area contributed by atoms with Gasteiger partial charge in [0.25, 0.3) is 0 Å². The zero-order valence-electron chi connectivity index (χ0n) is 12.6. The molecule has 0 radical (unpaired) electrons. The Labute approximate surface area is 117 Å².